The van der Waals surface area contributed by atoms with Gasteiger partial charge in [0.25, 0.3) is 0 Å². The van der Waals surface area contributed by atoms with Crippen LogP contribution in [0.2, 0.25) is 0 Å². The molecule has 1 amide bonds. The fourth-order valence-electron chi connectivity index (χ4n) is 2.60. The second-order valence-electron chi connectivity index (χ2n) is 5.50. The molecule has 0 bridgehead atoms. The lowest BCUT2D eigenvalue weighted by atomic mass is 10.2. The Morgan fingerprint density at radius 2 is 2.40 bits per heavy atom. The number of rotatable bonds is 6. The maximum atomic E-state index is 10.9. The Morgan fingerprint density at radius 1 is 1.60 bits per heavy atom. The minimum atomic E-state index is -0.302. The predicted octanol–water partition coefficient (Wildman–Crippen LogP) is -0.357. The maximum absolute atomic E-state index is 10.9. The lowest BCUT2D eigenvalue weighted by Gasteiger charge is -2.34. The van der Waals surface area contributed by atoms with E-state index < -0.39 is 0 Å². The van der Waals surface area contributed by atoms with Gasteiger partial charge in [-0.3, -0.25) is 14.6 Å². The lowest BCUT2D eigenvalue weighted by Crippen LogP contribution is -2.47. The molecule has 0 unspecified atom stereocenters. The van der Waals surface area contributed by atoms with Crippen LogP contribution >= 0.6 is 0 Å². The minimum absolute atomic E-state index is 0.133. The molecule has 0 spiro atoms. The molecular formula is C14H24N4O2. The Kier molecular flexibility index (Phi) is 5.17. The van der Waals surface area contributed by atoms with Crippen LogP contribution in [-0.2, 0) is 23.1 Å². The van der Waals surface area contributed by atoms with E-state index in [1.54, 1.807) is 0 Å². The summed E-state index contributed by atoms with van der Waals surface area (Å²) in [5, 5.41) is 0. The Hall–Kier alpha value is -1.37. The number of amides is 1. The number of hydrogen-bond acceptors (Lipinski definition) is 4. The second kappa shape index (κ2) is 6.88. The van der Waals surface area contributed by atoms with Crippen molar-refractivity contribution in [2.45, 2.75) is 12.6 Å². The second-order valence-corrected chi connectivity index (χ2v) is 5.50. The Bertz CT molecular complexity index is 446. The van der Waals surface area contributed by atoms with Gasteiger partial charge in [-0.25, -0.2) is 0 Å². The van der Waals surface area contributed by atoms with E-state index >= 15 is 0 Å². The molecule has 1 aromatic heterocycles. The summed E-state index contributed by atoms with van der Waals surface area (Å²) in [5.74, 6) is -0.302. The molecule has 6 heteroatoms. The van der Waals surface area contributed by atoms with E-state index in [1.165, 1.54) is 5.69 Å². The highest BCUT2D eigenvalue weighted by atomic mass is 16.5. The molecule has 2 rings (SSSR count). The normalized spacial score (nSPS) is 20.4. The number of ether oxygens (including phenoxy) is 1. The lowest BCUT2D eigenvalue weighted by molar-refractivity contribution is -0.119. The van der Waals surface area contributed by atoms with Crippen LogP contribution in [0.5, 0.6) is 0 Å². The third-order valence-electron chi connectivity index (χ3n) is 3.60. The van der Waals surface area contributed by atoms with Gasteiger partial charge in [0.2, 0.25) is 5.91 Å². The molecule has 1 aliphatic heterocycles. The van der Waals surface area contributed by atoms with Crippen LogP contribution < -0.4 is 5.73 Å². The largest absolute Gasteiger partial charge is 0.374 e. The Morgan fingerprint density at radius 3 is 3.05 bits per heavy atom. The smallest absolute Gasteiger partial charge is 0.231 e. The van der Waals surface area contributed by atoms with Gasteiger partial charge in [0.1, 0.15) is 0 Å². The molecule has 1 saturated heterocycles. The molecule has 0 saturated carbocycles. The highest BCUT2D eigenvalue weighted by Gasteiger charge is 2.22. The van der Waals surface area contributed by atoms with Crippen molar-refractivity contribution in [3.63, 3.8) is 0 Å². The van der Waals surface area contributed by atoms with Gasteiger partial charge in [0, 0.05) is 45.1 Å². The molecule has 1 aromatic rings. The van der Waals surface area contributed by atoms with Crippen LogP contribution in [-0.4, -0.2) is 66.2 Å². The highest BCUT2D eigenvalue weighted by molar-refractivity contribution is 5.75. The van der Waals surface area contributed by atoms with E-state index in [0.29, 0.717) is 0 Å². The predicted molar refractivity (Wildman–Crippen MR) is 77.1 cm³/mol. The number of morpholine rings is 1. The number of nitrogens with zero attached hydrogens (tertiary/aromatic N) is 3. The number of carbonyl (C=O) groups excluding carboxylic acids is 1. The molecule has 112 valence electrons. The maximum Gasteiger partial charge on any atom is 0.231 e. The molecule has 0 aromatic carbocycles. The standard InChI is InChI=1S/C14H24N4O2/c1-16(11-14(15)19)9-13-10-18(6-7-20-13)8-12-4-3-5-17(12)2/h3-5,13H,6-11H2,1-2H3,(H2,15,19)/t13-/m0/s1. The Balaban J connectivity index is 1.82. The summed E-state index contributed by atoms with van der Waals surface area (Å²) in [5.41, 5.74) is 6.50. The van der Waals surface area contributed by atoms with Crippen molar-refractivity contribution < 1.29 is 9.53 Å². The van der Waals surface area contributed by atoms with E-state index in [0.717, 1.165) is 32.8 Å². The van der Waals surface area contributed by atoms with Crippen molar-refractivity contribution in [1.29, 1.82) is 0 Å². The van der Waals surface area contributed by atoms with Crippen LogP contribution in [0.15, 0.2) is 18.3 Å². The van der Waals surface area contributed by atoms with Crippen LogP contribution in [0.4, 0.5) is 0 Å². The number of aryl methyl sites for hydroxylation is 1. The summed E-state index contributed by atoms with van der Waals surface area (Å²) >= 11 is 0. The quantitative estimate of drug-likeness (QED) is 0.773. The van der Waals surface area contributed by atoms with Crippen molar-refractivity contribution in [2.75, 3.05) is 39.8 Å². The average Bonchev–Trinajstić information content (AvgIpc) is 2.74. The highest BCUT2D eigenvalue weighted by Crippen LogP contribution is 2.11. The monoisotopic (exact) mass is 280 g/mol. The van der Waals surface area contributed by atoms with E-state index in [9.17, 15) is 4.79 Å². The summed E-state index contributed by atoms with van der Waals surface area (Å²) in [4.78, 5) is 15.2. The summed E-state index contributed by atoms with van der Waals surface area (Å²) < 4.78 is 7.91. The molecular weight excluding hydrogens is 256 g/mol. The van der Waals surface area contributed by atoms with Gasteiger partial charge in [-0.15, -0.1) is 0 Å². The summed E-state index contributed by atoms with van der Waals surface area (Å²) in [7, 11) is 3.96. The molecule has 1 aliphatic rings. The first-order chi connectivity index (χ1) is 9.54. The number of primary amides is 1. The molecule has 2 N–H and O–H groups in total. The average molecular weight is 280 g/mol. The molecule has 0 radical (unpaired) electrons. The molecule has 0 aliphatic carbocycles. The topological polar surface area (TPSA) is 63.7 Å². The van der Waals surface area contributed by atoms with E-state index in [1.807, 2.05) is 11.9 Å². The number of nitrogens with two attached hydrogens (primary N) is 1. The summed E-state index contributed by atoms with van der Waals surface area (Å²) in [6.07, 6.45) is 2.20. The number of hydrogen-bond donors (Lipinski definition) is 1. The molecule has 1 fully saturated rings. The molecule has 6 nitrogen and oxygen atoms in total. The fourth-order valence-corrected chi connectivity index (χ4v) is 2.60. The third kappa shape index (κ3) is 4.33. The molecule has 2 heterocycles. The van der Waals surface area contributed by atoms with Gasteiger partial charge in [-0.05, 0) is 19.2 Å². The van der Waals surface area contributed by atoms with Crippen LogP contribution in [0, 0.1) is 0 Å². The number of likely N-dealkylation sites (N-methyl/N-ethyl adjacent to an activating group) is 1. The first-order valence-electron chi connectivity index (χ1n) is 6.95. The van der Waals surface area contributed by atoms with Crippen molar-refractivity contribution >= 4 is 5.91 Å². The van der Waals surface area contributed by atoms with Gasteiger partial charge >= 0.3 is 0 Å². The zero-order chi connectivity index (χ0) is 14.5. The summed E-state index contributed by atoms with van der Waals surface area (Å²) in [6, 6.07) is 4.21. The van der Waals surface area contributed by atoms with E-state index in [2.05, 4.69) is 34.8 Å². The first kappa shape index (κ1) is 15.0. The van der Waals surface area contributed by atoms with Crippen LogP contribution in [0.1, 0.15) is 5.69 Å². The van der Waals surface area contributed by atoms with Crippen molar-refractivity contribution in [3.8, 4) is 0 Å². The van der Waals surface area contributed by atoms with Crippen molar-refractivity contribution in [1.82, 2.24) is 14.4 Å². The number of aromatic nitrogens is 1. The van der Waals surface area contributed by atoms with E-state index in [4.69, 9.17) is 10.5 Å². The van der Waals surface area contributed by atoms with Gasteiger partial charge in [-0.2, -0.15) is 0 Å². The van der Waals surface area contributed by atoms with E-state index in [-0.39, 0.29) is 18.6 Å². The zero-order valence-electron chi connectivity index (χ0n) is 12.3. The van der Waals surface area contributed by atoms with Crippen molar-refractivity contribution in [3.05, 3.63) is 24.0 Å². The summed E-state index contributed by atoms with van der Waals surface area (Å²) in [6.45, 7) is 4.50. The number of carbonyl (C=O) groups is 1. The van der Waals surface area contributed by atoms with Crippen LogP contribution in [0.3, 0.4) is 0 Å². The first-order valence-corrected chi connectivity index (χ1v) is 6.95. The zero-order valence-corrected chi connectivity index (χ0v) is 12.3. The fraction of sp³-hybridized carbons (Fsp3) is 0.643. The van der Waals surface area contributed by atoms with Gasteiger partial charge < -0.3 is 15.0 Å². The third-order valence-corrected chi connectivity index (χ3v) is 3.60. The minimum Gasteiger partial charge on any atom is -0.374 e. The van der Waals surface area contributed by atoms with Crippen molar-refractivity contribution in [2.24, 2.45) is 12.8 Å². The van der Waals surface area contributed by atoms with Gasteiger partial charge in [-0.1, -0.05) is 0 Å². The Labute approximate surface area is 120 Å². The van der Waals surface area contributed by atoms with Crippen LogP contribution in [0.25, 0.3) is 0 Å². The van der Waals surface area contributed by atoms with Gasteiger partial charge in [0.15, 0.2) is 0 Å². The molecule has 1 atom stereocenters. The molecule has 20 heavy (non-hydrogen) atoms. The van der Waals surface area contributed by atoms with Gasteiger partial charge in [0.05, 0.1) is 19.3 Å². The SMILES string of the molecule is CN(CC(N)=O)C[C@H]1CN(Cc2cccn2C)CCO1.